The topological polar surface area (TPSA) is 67.4 Å². The van der Waals surface area contributed by atoms with Gasteiger partial charge in [0.2, 0.25) is 5.91 Å². The van der Waals surface area contributed by atoms with Crippen LogP contribution < -0.4 is 15.4 Å². The molecule has 1 aromatic carbocycles. The minimum absolute atomic E-state index is 0.00680. The zero-order valence-corrected chi connectivity index (χ0v) is 18.6. The number of halogens is 2. The predicted octanol–water partition coefficient (Wildman–Crippen LogP) is 4.20. The summed E-state index contributed by atoms with van der Waals surface area (Å²) in [6, 6.07) is 5.54. The zero-order valence-electron chi connectivity index (χ0n) is 16.2. The number of carbonyl (C=O) groups is 2. The van der Waals surface area contributed by atoms with E-state index in [1.165, 1.54) is 24.3 Å². The molecule has 1 fully saturated rings. The minimum Gasteiger partial charge on any atom is -0.481 e. The molecule has 2 aromatic rings. The second-order valence-electron chi connectivity index (χ2n) is 7.36. The van der Waals surface area contributed by atoms with Gasteiger partial charge in [-0.25, -0.2) is 4.39 Å². The molecule has 0 radical (unpaired) electrons. The van der Waals surface area contributed by atoms with Crippen LogP contribution in [0.5, 0.6) is 5.75 Å². The lowest BCUT2D eigenvalue weighted by molar-refractivity contribution is -0.129. The molecule has 1 aliphatic carbocycles. The second kappa shape index (κ2) is 9.71. The van der Waals surface area contributed by atoms with Crippen molar-refractivity contribution in [1.82, 2.24) is 10.6 Å². The van der Waals surface area contributed by atoms with E-state index in [1.807, 2.05) is 10.8 Å². The molecule has 1 aliphatic rings. The van der Waals surface area contributed by atoms with E-state index in [9.17, 15) is 14.0 Å². The number of hydrogen-bond donors (Lipinski definition) is 2. The number of thiophene rings is 1. The second-order valence-corrected chi connectivity index (χ2v) is 8.96. The van der Waals surface area contributed by atoms with Crippen molar-refractivity contribution in [2.45, 2.75) is 50.7 Å². The van der Waals surface area contributed by atoms with E-state index in [0.29, 0.717) is 25.1 Å². The Morgan fingerprint density at radius 2 is 2.00 bits per heavy atom. The smallest absolute Gasteiger partial charge is 0.260 e. The molecule has 1 unspecified atom stereocenters. The maximum atomic E-state index is 13.0. The van der Waals surface area contributed by atoms with E-state index in [2.05, 4.69) is 26.6 Å². The van der Waals surface area contributed by atoms with Crippen molar-refractivity contribution in [3.63, 3.8) is 0 Å². The Bertz CT molecular complexity index is 852. The Labute approximate surface area is 182 Å². The van der Waals surface area contributed by atoms with Gasteiger partial charge in [-0.15, -0.1) is 0 Å². The van der Waals surface area contributed by atoms with Gasteiger partial charge in [0.25, 0.3) is 5.91 Å². The summed E-state index contributed by atoms with van der Waals surface area (Å²) in [5.74, 6) is -0.200. The fourth-order valence-electron chi connectivity index (χ4n) is 3.21. The van der Waals surface area contributed by atoms with Gasteiger partial charge in [-0.05, 0) is 83.7 Å². The third-order valence-corrected chi connectivity index (χ3v) is 6.96. The number of benzene rings is 1. The summed E-state index contributed by atoms with van der Waals surface area (Å²) < 4.78 is 19.6. The summed E-state index contributed by atoms with van der Waals surface area (Å²) in [6.07, 6.45) is 3.08. The molecule has 156 valence electrons. The van der Waals surface area contributed by atoms with Crippen LogP contribution >= 0.6 is 27.3 Å². The number of nitrogens with one attached hydrogen (secondary N) is 2. The molecule has 5 nitrogen and oxygen atoms in total. The van der Waals surface area contributed by atoms with Gasteiger partial charge >= 0.3 is 0 Å². The quantitative estimate of drug-likeness (QED) is 0.562. The first-order valence-electron chi connectivity index (χ1n) is 9.58. The Kier molecular flexibility index (Phi) is 7.29. The lowest BCUT2D eigenvalue weighted by atomic mass is 9.76. The molecule has 1 heterocycles. The van der Waals surface area contributed by atoms with Crippen LogP contribution in [0.3, 0.4) is 0 Å². The molecular formula is C21H24BrFN2O3S. The van der Waals surface area contributed by atoms with Crippen molar-refractivity contribution in [1.29, 1.82) is 0 Å². The van der Waals surface area contributed by atoms with Gasteiger partial charge in [-0.3, -0.25) is 9.59 Å². The Morgan fingerprint density at radius 1 is 1.28 bits per heavy atom. The molecule has 1 aromatic heterocycles. The molecule has 0 saturated heterocycles. The van der Waals surface area contributed by atoms with E-state index in [-0.39, 0.29) is 23.2 Å². The monoisotopic (exact) mass is 482 g/mol. The number of rotatable bonds is 9. The maximum Gasteiger partial charge on any atom is 0.260 e. The van der Waals surface area contributed by atoms with E-state index in [1.54, 1.807) is 18.3 Å². The Morgan fingerprint density at radius 3 is 2.59 bits per heavy atom. The molecule has 3 rings (SSSR count). The molecule has 8 heteroatoms. The third-order valence-electron chi connectivity index (χ3n) is 5.12. The molecule has 1 saturated carbocycles. The largest absolute Gasteiger partial charge is 0.481 e. The fourth-order valence-corrected chi connectivity index (χ4v) is 4.75. The molecule has 2 amide bonds. The van der Waals surface area contributed by atoms with Crippen molar-refractivity contribution >= 4 is 39.1 Å². The van der Waals surface area contributed by atoms with E-state index in [4.69, 9.17) is 4.74 Å². The molecule has 0 spiro atoms. The van der Waals surface area contributed by atoms with Crippen molar-refractivity contribution in [3.05, 3.63) is 50.9 Å². The first kappa shape index (κ1) is 21.8. The van der Waals surface area contributed by atoms with Gasteiger partial charge in [0.1, 0.15) is 11.6 Å². The van der Waals surface area contributed by atoms with Gasteiger partial charge < -0.3 is 15.4 Å². The normalized spacial score (nSPS) is 15.8. The third kappa shape index (κ3) is 6.02. The molecule has 0 bridgehead atoms. The summed E-state index contributed by atoms with van der Waals surface area (Å²) >= 11 is 5.09. The van der Waals surface area contributed by atoms with Crippen LogP contribution in [-0.2, 0) is 16.0 Å². The number of aryl methyl sites for hydroxylation is 1. The summed E-state index contributed by atoms with van der Waals surface area (Å²) in [5.41, 5.74) is 0.752. The highest BCUT2D eigenvalue weighted by atomic mass is 79.9. The maximum absolute atomic E-state index is 13.0. The van der Waals surface area contributed by atoms with Gasteiger partial charge in [-0.1, -0.05) is 0 Å². The molecule has 29 heavy (non-hydrogen) atoms. The lowest BCUT2D eigenvalue weighted by Crippen LogP contribution is -2.60. The van der Waals surface area contributed by atoms with Gasteiger partial charge in [0.15, 0.2) is 6.10 Å². The number of hydrogen-bond acceptors (Lipinski definition) is 4. The fraction of sp³-hybridized carbons (Fsp3) is 0.429. The van der Waals surface area contributed by atoms with Gasteiger partial charge in [0, 0.05) is 22.8 Å². The summed E-state index contributed by atoms with van der Waals surface area (Å²) in [7, 11) is 0. The van der Waals surface area contributed by atoms with Crippen molar-refractivity contribution in [3.8, 4) is 5.75 Å². The average Bonchev–Trinajstić information content (AvgIpc) is 3.08. The number of ether oxygens (including phenoxy) is 1. The van der Waals surface area contributed by atoms with Crippen molar-refractivity contribution in [2.24, 2.45) is 0 Å². The zero-order chi connectivity index (χ0) is 20.9. The van der Waals surface area contributed by atoms with Crippen LogP contribution in [-0.4, -0.2) is 30.0 Å². The first-order valence-corrected chi connectivity index (χ1v) is 11.3. The standard InChI is InChI=1S/C21H24BrFN2O3S/c1-14(28-17-6-4-16(23)5-7-17)20(27)24-13-21(9-2-10-21)25-19(26)8-3-15-11-29-12-18(15)22/h4-7,11-12,14H,2-3,8-10,13H2,1H3,(H,24,27)(H,25,26). The van der Waals surface area contributed by atoms with Crippen LogP contribution in [0, 0.1) is 5.82 Å². The summed E-state index contributed by atoms with van der Waals surface area (Å²) in [6.45, 7) is 2.01. The number of carbonyl (C=O) groups excluding carboxylic acids is 2. The highest BCUT2D eigenvalue weighted by molar-refractivity contribution is 9.10. The van der Waals surface area contributed by atoms with Gasteiger partial charge in [-0.2, -0.15) is 11.3 Å². The van der Waals surface area contributed by atoms with Crippen LogP contribution in [0.1, 0.15) is 38.2 Å². The summed E-state index contributed by atoms with van der Waals surface area (Å²) in [4.78, 5) is 24.8. The van der Waals surface area contributed by atoms with Crippen LogP contribution in [0.2, 0.25) is 0 Å². The van der Waals surface area contributed by atoms with Crippen LogP contribution in [0.4, 0.5) is 4.39 Å². The van der Waals surface area contributed by atoms with E-state index in [0.717, 1.165) is 29.3 Å². The number of amides is 2. The SMILES string of the molecule is CC(Oc1ccc(F)cc1)C(=O)NCC1(NC(=O)CCc2cscc2Br)CCC1. The average molecular weight is 483 g/mol. The Hall–Kier alpha value is -1.93. The minimum atomic E-state index is -0.718. The molecular weight excluding hydrogens is 459 g/mol. The van der Waals surface area contributed by atoms with Crippen LogP contribution in [0.25, 0.3) is 0 Å². The molecule has 2 N–H and O–H groups in total. The van der Waals surface area contributed by atoms with Crippen LogP contribution in [0.15, 0.2) is 39.5 Å². The van der Waals surface area contributed by atoms with Crippen molar-refractivity contribution < 1.29 is 18.7 Å². The van der Waals surface area contributed by atoms with E-state index < -0.39 is 6.10 Å². The lowest BCUT2D eigenvalue weighted by Gasteiger charge is -2.42. The molecule has 1 atom stereocenters. The molecule has 0 aliphatic heterocycles. The highest BCUT2D eigenvalue weighted by Gasteiger charge is 2.38. The summed E-state index contributed by atoms with van der Waals surface area (Å²) in [5, 5.41) is 10.0. The van der Waals surface area contributed by atoms with Gasteiger partial charge in [0.05, 0.1) is 5.54 Å². The van der Waals surface area contributed by atoms with E-state index >= 15 is 0 Å². The van der Waals surface area contributed by atoms with Crippen molar-refractivity contribution in [2.75, 3.05) is 6.54 Å². The Balaban J connectivity index is 1.45. The highest BCUT2D eigenvalue weighted by Crippen LogP contribution is 2.31. The predicted molar refractivity (Wildman–Crippen MR) is 115 cm³/mol. The first-order chi connectivity index (χ1) is 13.9.